The number of para-hydroxylation sites is 1. The molecule has 2 aromatic carbocycles. The quantitative estimate of drug-likeness (QED) is 0.632. The lowest BCUT2D eigenvalue weighted by Gasteiger charge is -2.29. The Morgan fingerprint density at radius 3 is 2.74 bits per heavy atom. The molecule has 0 radical (unpaired) electrons. The van der Waals surface area contributed by atoms with Crippen molar-refractivity contribution in [3.63, 3.8) is 0 Å². The summed E-state index contributed by atoms with van der Waals surface area (Å²) in [5, 5.41) is 9.75. The minimum absolute atomic E-state index is 0.0314. The Morgan fingerprint density at radius 1 is 1.15 bits per heavy atom. The van der Waals surface area contributed by atoms with Gasteiger partial charge in [-0.3, -0.25) is 14.7 Å². The molecular weight excluding hydrogens is 450 g/mol. The Morgan fingerprint density at radius 2 is 1.94 bits per heavy atom. The molecule has 2 aromatic rings. The Kier molecular flexibility index (Phi) is 6.75. The number of thioether (sulfide) groups is 1. The number of amides is 1. The van der Waals surface area contributed by atoms with E-state index in [1.807, 2.05) is 24.3 Å². The first-order valence-electron chi connectivity index (χ1n) is 11.4. The smallest absolute Gasteiger partial charge is 0.255 e. The fourth-order valence-corrected chi connectivity index (χ4v) is 5.43. The normalized spacial score (nSPS) is 19.9. The van der Waals surface area contributed by atoms with Gasteiger partial charge in [-0.15, -0.1) is 0 Å². The molecule has 5 rings (SSSR count). The summed E-state index contributed by atoms with van der Waals surface area (Å²) in [5.41, 5.74) is 3.60. The van der Waals surface area contributed by atoms with E-state index in [0.29, 0.717) is 17.1 Å². The van der Waals surface area contributed by atoms with Crippen molar-refractivity contribution < 1.29 is 14.3 Å². The van der Waals surface area contributed by atoms with E-state index >= 15 is 0 Å². The number of anilines is 1. The lowest BCUT2D eigenvalue weighted by molar-refractivity contribution is 0.102. The summed E-state index contributed by atoms with van der Waals surface area (Å²) in [6.07, 6.45) is 0. The standard InChI is InChI=1S/C25H29N5O3S/c1-32-22-8-7-17(13-23(22)33-2)24(31)27-20-6-4-3-5-19(20)21-15-30-18(16-34-25(30)28-21)14-29-11-9-26-10-12-29/h3-8,13,16,21,26H,9-12,14-15H2,1-2H3,(H,27,31). The number of ether oxygens (including phenoxy) is 2. The molecule has 0 spiro atoms. The van der Waals surface area contributed by atoms with Crippen molar-refractivity contribution >= 4 is 28.5 Å². The molecule has 8 nitrogen and oxygen atoms in total. The van der Waals surface area contributed by atoms with Gasteiger partial charge in [0.25, 0.3) is 5.91 Å². The van der Waals surface area contributed by atoms with Crippen LogP contribution in [0.5, 0.6) is 11.5 Å². The predicted molar refractivity (Wildman–Crippen MR) is 136 cm³/mol. The monoisotopic (exact) mass is 479 g/mol. The van der Waals surface area contributed by atoms with Crippen LogP contribution in [0.1, 0.15) is 22.0 Å². The van der Waals surface area contributed by atoms with Gasteiger partial charge in [0.1, 0.15) is 0 Å². The van der Waals surface area contributed by atoms with Gasteiger partial charge in [0.15, 0.2) is 16.7 Å². The van der Waals surface area contributed by atoms with Crippen molar-refractivity contribution in [2.24, 2.45) is 4.99 Å². The molecule has 0 bridgehead atoms. The van der Waals surface area contributed by atoms with Crippen LogP contribution < -0.4 is 20.1 Å². The molecule has 1 saturated heterocycles. The lowest BCUT2D eigenvalue weighted by Crippen LogP contribution is -2.45. The number of hydrogen-bond acceptors (Lipinski definition) is 8. The maximum atomic E-state index is 13.0. The molecular formula is C25H29N5O3S. The molecule has 1 unspecified atom stereocenters. The van der Waals surface area contributed by atoms with Crippen molar-refractivity contribution in [2.75, 3.05) is 58.8 Å². The number of nitrogens with one attached hydrogen (secondary N) is 2. The summed E-state index contributed by atoms with van der Waals surface area (Å²) < 4.78 is 10.6. The first kappa shape index (κ1) is 22.8. The second-order valence-electron chi connectivity index (χ2n) is 8.40. The summed E-state index contributed by atoms with van der Waals surface area (Å²) in [5.74, 6) is 0.907. The third-order valence-electron chi connectivity index (χ3n) is 6.31. The number of amidine groups is 1. The molecule has 3 aliphatic heterocycles. The van der Waals surface area contributed by atoms with Gasteiger partial charge in [-0.1, -0.05) is 30.0 Å². The number of nitrogens with zero attached hydrogens (tertiary/aromatic N) is 3. The highest BCUT2D eigenvalue weighted by Crippen LogP contribution is 2.39. The highest BCUT2D eigenvalue weighted by atomic mass is 32.2. The van der Waals surface area contributed by atoms with Crippen molar-refractivity contribution in [3.05, 3.63) is 64.7 Å². The predicted octanol–water partition coefficient (Wildman–Crippen LogP) is 3.16. The Bertz CT molecular complexity index is 1130. The summed E-state index contributed by atoms with van der Waals surface area (Å²) in [6, 6.07) is 13.0. The highest BCUT2D eigenvalue weighted by Gasteiger charge is 2.34. The van der Waals surface area contributed by atoms with E-state index in [1.54, 1.807) is 44.2 Å². The van der Waals surface area contributed by atoms with Gasteiger partial charge >= 0.3 is 0 Å². The van der Waals surface area contributed by atoms with E-state index in [-0.39, 0.29) is 11.9 Å². The maximum Gasteiger partial charge on any atom is 0.255 e. The number of rotatable bonds is 7. The summed E-state index contributed by atoms with van der Waals surface area (Å²) in [7, 11) is 3.13. The molecule has 1 atom stereocenters. The number of piperazine rings is 1. The van der Waals surface area contributed by atoms with E-state index in [9.17, 15) is 4.79 Å². The summed E-state index contributed by atoms with van der Waals surface area (Å²) in [6.45, 7) is 5.93. The maximum absolute atomic E-state index is 13.0. The second kappa shape index (κ2) is 10.1. The van der Waals surface area contributed by atoms with E-state index in [0.717, 1.165) is 55.7 Å². The molecule has 1 amide bonds. The average molecular weight is 480 g/mol. The van der Waals surface area contributed by atoms with Crippen LogP contribution in [0.25, 0.3) is 0 Å². The Hall–Kier alpha value is -3.01. The number of methoxy groups -OCH3 is 2. The summed E-state index contributed by atoms with van der Waals surface area (Å²) in [4.78, 5) is 22.8. The molecule has 3 heterocycles. The molecule has 178 valence electrons. The Balaban J connectivity index is 1.30. The van der Waals surface area contributed by atoms with Crippen molar-refractivity contribution in [1.82, 2.24) is 15.1 Å². The number of aliphatic imine (C=N–C) groups is 1. The van der Waals surface area contributed by atoms with Crippen LogP contribution in [0.3, 0.4) is 0 Å². The van der Waals surface area contributed by atoms with Gasteiger partial charge in [0.05, 0.1) is 26.8 Å². The zero-order valence-corrected chi connectivity index (χ0v) is 20.2. The van der Waals surface area contributed by atoms with Crippen LogP contribution in [0.4, 0.5) is 5.69 Å². The molecule has 0 aliphatic carbocycles. The van der Waals surface area contributed by atoms with Gasteiger partial charge in [0, 0.05) is 55.2 Å². The number of carbonyl (C=O) groups excluding carboxylic acids is 1. The molecule has 34 heavy (non-hydrogen) atoms. The van der Waals surface area contributed by atoms with Gasteiger partial charge < -0.3 is 25.0 Å². The molecule has 1 fully saturated rings. The van der Waals surface area contributed by atoms with E-state index < -0.39 is 0 Å². The minimum Gasteiger partial charge on any atom is -0.493 e. The zero-order chi connectivity index (χ0) is 23.5. The second-order valence-corrected chi connectivity index (χ2v) is 9.24. The van der Waals surface area contributed by atoms with Gasteiger partial charge in [-0.05, 0) is 29.7 Å². The number of hydrogen-bond donors (Lipinski definition) is 2. The third kappa shape index (κ3) is 4.64. The van der Waals surface area contributed by atoms with E-state index in [4.69, 9.17) is 14.5 Å². The molecule has 0 saturated carbocycles. The van der Waals surface area contributed by atoms with Gasteiger partial charge in [-0.25, -0.2) is 0 Å². The fraction of sp³-hybridized carbons (Fsp3) is 0.360. The highest BCUT2D eigenvalue weighted by molar-refractivity contribution is 8.16. The molecule has 9 heteroatoms. The third-order valence-corrected chi connectivity index (χ3v) is 7.24. The van der Waals surface area contributed by atoms with E-state index in [2.05, 4.69) is 25.8 Å². The molecule has 0 aromatic heterocycles. The number of fused-ring (bicyclic) bond motifs is 1. The van der Waals surface area contributed by atoms with Crippen molar-refractivity contribution in [2.45, 2.75) is 6.04 Å². The first-order chi connectivity index (χ1) is 16.7. The zero-order valence-electron chi connectivity index (χ0n) is 19.4. The lowest BCUT2D eigenvalue weighted by atomic mass is 10.0. The first-order valence-corrected chi connectivity index (χ1v) is 12.3. The van der Waals surface area contributed by atoms with Crippen LogP contribution in [-0.2, 0) is 0 Å². The van der Waals surface area contributed by atoms with Crippen LogP contribution in [0, 0.1) is 0 Å². The largest absolute Gasteiger partial charge is 0.493 e. The van der Waals surface area contributed by atoms with Crippen LogP contribution >= 0.6 is 11.8 Å². The number of carbonyl (C=O) groups is 1. The fourth-order valence-electron chi connectivity index (χ4n) is 4.48. The topological polar surface area (TPSA) is 78.4 Å². The van der Waals surface area contributed by atoms with E-state index in [1.165, 1.54) is 5.70 Å². The summed E-state index contributed by atoms with van der Waals surface area (Å²) >= 11 is 1.69. The van der Waals surface area contributed by atoms with Crippen LogP contribution in [0.2, 0.25) is 0 Å². The minimum atomic E-state index is -0.201. The molecule has 2 N–H and O–H groups in total. The van der Waals surface area contributed by atoms with Crippen molar-refractivity contribution in [3.8, 4) is 11.5 Å². The Labute approximate surface area is 204 Å². The van der Waals surface area contributed by atoms with Crippen molar-refractivity contribution in [1.29, 1.82) is 0 Å². The van der Waals surface area contributed by atoms with Gasteiger partial charge in [-0.2, -0.15) is 0 Å². The van der Waals surface area contributed by atoms with Gasteiger partial charge in [0.2, 0.25) is 0 Å². The molecule has 3 aliphatic rings. The SMILES string of the molecule is COc1ccc(C(=O)Nc2ccccc2C2CN3C(CN4CCNCC4)=CSC3=N2)cc1OC. The average Bonchev–Trinajstić information content (AvgIpc) is 3.46. The van der Waals surface area contributed by atoms with Crippen LogP contribution in [-0.4, -0.2) is 74.4 Å². The van der Waals surface area contributed by atoms with Crippen LogP contribution in [0.15, 0.2) is 58.6 Å². The number of benzene rings is 2.